The number of hydrogen-bond donors (Lipinski definition) is 1. The molecule has 1 fully saturated rings. The lowest BCUT2D eigenvalue weighted by Gasteiger charge is -2.26. The van der Waals surface area contributed by atoms with Gasteiger partial charge in [-0.3, -0.25) is 4.79 Å². The number of hydrogen-bond acceptors (Lipinski definition) is 4. The van der Waals surface area contributed by atoms with Crippen LogP contribution in [-0.4, -0.2) is 41.3 Å². The minimum atomic E-state index is -3.56. The summed E-state index contributed by atoms with van der Waals surface area (Å²) in [5.74, 6) is -0.238. The predicted octanol–water partition coefficient (Wildman–Crippen LogP) is 3.16. The van der Waals surface area contributed by atoms with Crippen molar-refractivity contribution < 1.29 is 13.2 Å². The molecule has 1 aliphatic rings. The Morgan fingerprint density at radius 2 is 1.86 bits per heavy atom. The molecular formula is C21H24N4O3S. The van der Waals surface area contributed by atoms with Gasteiger partial charge in [-0.25, -0.2) is 13.4 Å². The maximum absolute atomic E-state index is 13.0. The van der Waals surface area contributed by atoms with Crippen LogP contribution >= 0.6 is 0 Å². The summed E-state index contributed by atoms with van der Waals surface area (Å²) in [4.78, 5) is 17.1. The molecule has 0 aliphatic carbocycles. The predicted molar refractivity (Wildman–Crippen MR) is 112 cm³/mol. The van der Waals surface area contributed by atoms with Gasteiger partial charge in [0.15, 0.2) is 0 Å². The molecule has 8 heteroatoms. The molecule has 0 unspecified atom stereocenters. The number of benzene rings is 2. The Morgan fingerprint density at radius 1 is 1.10 bits per heavy atom. The van der Waals surface area contributed by atoms with Gasteiger partial charge < -0.3 is 9.88 Å². The summed E-state index contributed by atoms with van der Waals surface area (Å²) in [6.45, 7) is 2.97. The van der Waals surface area contributed by atoms with E-state index in [2.05, 4.69) is 10.3 Å². The van der Waals surface area contributed by atoms with Crippen molar-refractivity contribution in [3.05, 3.63) is 54.4 Å². The van der Waals surface area contributed by atoms with Gasteiger partial charge in [0.2, 0.25) is 15.9 Å². The lowest BCUT2D eigenvalue weighted by Crippen LogP contribution is -2.36. The zero-order valence-corrected chi connectivity index (χ0v) is 17.2. The van der Waals surface area contributed by atoms with Gasteiger partial charge in [-0.05, 0) is 49.6 Å². The van der Waals surface area contributed by atoms with Crippen LogP contribution in [0.2, 0.25) is 0 Å². The van der Waals surface area contributed by atoms with Crippen LogP contribution in [0.25, 0.3) is 11.0 Å². The number of fused-ring (bicyclic) bond motifs is 1. The highest BCUT2D eigenvalue weighted by molar-refractivity contribution is 7.89. The van der Waals surface area contributed by atoms with Gasteiger partial charge in [-0.1, -0.05) is 24.6 Å². The maximum Gasteiger partial charge on any atom is 0.244 e. The highest BCUT2D eigenvalue weighted by atomic mass is 32.2. The maximum atomic E-state index is 13.0. The number of aryl methyl sites for hydroxylation is 1. The summed E-state index contributed by atoms with van der Waals surface area (Å²) < 4.78 is 29.4. The van der Waals surface area contributed by atoms with E-state index in [1.54, 1.807) is 40.3 Å². The molecule has 0 spiro atoms. The first-order valence-corrected chi connectivity index (χ1v) is 11.2. The van der Waals surface area contributed by atoms with Crippen molar-refractivity contribution in [2.75, 3.05) is 18.4 Å². The number of aromatic nitrogens is 2. The molecule has 7 nitrogen and oxygen atoms in total. The lowest BCUT2D eigenvalue weighted by atomic mass is 10.2. The average molecular weight is 413 g/mol. The van der Waals surface area contributed by atoms with E-state index in [9.17, 15) is 13.2 Å². The van der Waals surface area contributed by atoms with Gasteiger partial charge in [0.25, 0.3) is 0 Å². The highest BCUT2D eigenvalue weighted by Crippen LogP contribution is 2.26. The molecule has 0 radical (unpaired) electrons. The number of anilines is 1. The summed E-state index contributed by atoms with van der Waals surface area (Å²) in [6, 6.07) is 12.6. The van der Waals surface area contributed by atoms with Crippen LogP contribution in [0.5, 0.6) is 0 Å². The van der Waals surface area contributed by atoms with Crippen LogP contribution in [0, 0.1) is 6.92 Å². The number of amides is 1. The summed E-state index contributed by atoms with van der Waals surface area (Å²) in [5.41, 5.74) is 2.85. The zero-order valence-electron chi connectivity index (χ0n) is 16.3. The first-order chi connectivity index (χ1) is 13.9. The molecule has 1 N–H and O–H groups in total. The molecule has 152 valence electrons. The van der Waals surface area contributed by atoms with Gasteiger partial charge >= 0.3 is 0 Å². The van der Waals surface area contributed by atoms with Gasteiger partial charge in [0, 0.05) is 18.8 Å². The number of piperidine rings is 1. The Labute approximate surface area is 170 Å². The van der Waals surface area contributed by atoms with Crippen LogP contribution in [0.4, 0.5) is 5.69 Å². The molecule has 1 aliphatic heterocycles. The molecule has 0 saturated carbocycles. The Balaban J connectivity index is 1.53. The number of carbonyl (C=O) groups excluding carboxylic acids is 1. The van der Waals surface area contributed by atoms with Crippen molar-refractivity contribution in [2.24, 2.45) is 0 Å². The van der Waals surface area contributed by atoms with Crippen molar-refractivity contribution in [2.45, 2.75) is 37.6 Å². The van der Waals surface area contributed by atoms with Crippen molar-refractivity contribution in [3.8, 4) is 0 Å². The topological polar surface area (TPSA) is 84.3 Å². The summed E-state index contributed by atoms with van der Waals surface area (Å²) in [5, 5.41) is 2.82. The van der Waals surface area contributed by atoms with Gasteiger partial charge in [0.05, 0.1) is 22.3 Å². The van der Waals surface area contributed by atoms with Crippen molar-refractivity contribution in [1.82, 2.24) is 13.9 Å². The minimum absolute atomic E-state index is 0.0998. The van der Waals surface area contributed by atoms with E-state index in [1.807, 2.05) is 24.3 Å². The molecule has 1 aromatic heterocycles. The Morgan fingerprint density at radius 3 is 2.66 bits per heavy atom. The van der Waals surface area contributed by atoms with Crippen molar-refractivity contribution in [3.63, 3.8) is 0 Å². The summed E-state index contributed by atoms with van der Waals surface area (Å²) >= 11 is 0. The van der Waals surface area contributed by atoms with Crippen LogP contribution < -0.4 is 5.32 Å². The Kier molecular flexibility index (Phi) is 5.38. The van der Waals surface area contributed by atoms with Crippen molar-refractivity contribution in [1.29, 1.82) is 0 Å². The lowest BCUT2D eigenvalue weighted by molar-refractivity contribution is -0.116. The monoisotopic (exact) mass is 412 g/mol. The molecule has 1 saturated heterocycles. The molecule has 2 heterocycles. The largest absolute Gasteiger partial charge is 0.324 e. The molecule has 29 heavy (non-hydrogen) atoms. The van der Waals surface area contributed by atoms with Crippen LogP contribution in [0.15, 0.2) is 53.7 Å². The fourth-order valence-electron chi connectivity index (χ4n) is 3.69. The third-order valence-electron chi connectivity index (χ3n) is 5.25. The minimum Gasteiger partial charge on any atom is -0.324 e. The van der Waals surface area contributed by atoms with Crippen LogP contribution in [-0.2, 0) is 21.4 Å². The SMILES string of the molecule is Cc1ccc(NC(=O)Cn2cnc3ccccc32)cc1S(=O)(=O)N1CCCCC1. The molecule has 2 aromatic carbocycles. The van der Waals surface area contributed by atoms with E-state index < -0.39 is 10.0 Å². The number of carbonyl (C=O) groups is 1. The number of imidazole rings is 1. The second-order valence-electron chi connectivity index (χ2n) is 7.35. The quantitative estimate of drug-likeness (QED) is 0.698. The molecule has 1 amide bonds. The van der Waals surface area contributed by atoms with E-state index in [0.717, 1.165) is 30.3 Å². The number of nitrogens with one attached hydrogen (secondary N) is 1. The third kappa shape index (κ3) is 4.04. The summed E-state index contributed by atoms with van der Waals surface area (Å²) in [7, 11) is -3.56. The normalized spacial score (nSPS) is 15.5. The number of para-hydroxylation sites is 2. The average Bonchev–Trinajstić information content (AvgIpc) is 3.13. The second-order valence-corrected chi connectivity index (χ2v) is 9.26. The second kappa shape index (κ2) is 7.96. The third-order valence-corrected chi connectivity index (χ3v) is 7.29. The first-order valence-electron chi connectivity index (χ1n) is 9.76. The molecule has 3 aromatic rings. The van der Waals surface area contributed by atoms with Crippen LogP contribution in [0.3, 0.4) is 0 Å². The van der Waals surface area contributed by atoms with E-state index in [4.69, 9.17) is 0 Å². The Hall–Kier alpha value is -2.71. The van der Waals surface area contributed by atoms with Gasteiger partial charge in [0.1, 0.15) is 6.54 Å². The fourth-order valence-corrected chi connectivity index (χ4v) is 5.46. The number of rotatable bonds is 5. The van der Waals surface area contributed by atoms with Gasteiger partial charge in [-0.2, -0.15) is 4.31 Å². The molecule has 4 rings (SSSR count). The highest BCUT2D eigenvalue weighted by Gasteiger charge is 2.27. The fraction of sp³-hybridized carbons (Fsp3) is 0.333. The molecule has 0 bridgehead atoms. The number of nitrogens with zero attached hydrogens (tertiary/aromatic N) is 3. The Bertz CT molecular complexity index is 1150. The number of sulfonamides is 1. The van der Waals surface area contributed by atoms with Crippen molar-refractivity contribution >= 4 is 32.7 Å². The molecular weight excluding hydrogens is 388 g/mol. The zero-order chi connectivity index (χ0) is 20.4. The molecule has 0 atom stereocenters. The van der Waals surface area contributed by atoms with E-state index in [1.165, 1.54) is 0 Å². The summed E-state index contributed by atoms with van der Waals surface area (Å²) in [6.07, 6.45) is 4.46. The van der Waals surface area contributed by atoms with Gasteiger partial charge in [-0.15, -0.1) is 0 Å². The standard InChI is InChI=1S/C21H24N4O3S/c1-16-9-10-17(13-20(16)29(27,28)25-11-5-2-6-12-25)23-21(26)14-24-15-22-18-7-3-4-8-19(18)24/h3-4,7-10,13,15H,2,5-6,11-12,14H2,1H3,(H,23,26). The first kappa shape index (κ1) is 19.6. The van der Waals surface area contributed by atoms with E-state index in [0.29, 0.717) is 24.3 Å². The van der Waals surface area contributed by atoms with E-state index >= 15 is 0 Å². The van der Waals surface area contributed by atoms with Crippen LogP contribution in [0.1, 0.15) is 24.8 Å². The van der Waals surface area contributed by atoms with E-state index in [-0.39, 0.29) is 17.3 Å². The smallest absolute Gasteiger partial charge is 0.244 e.